The first-order chi connectivity index (χ1) is 9.48. The summed E-state index contributed by atoms with van der Waals surface area (Å²) in [6.45, 7) is 5.35. The molecule has 1 aromatic carbocycles. The molecule has 118 valence electrons. The zero-order chi connectivity index (χ0) is 16.1. The molecular formula is C14H21NO4S2. The summed E-state index contributed by atoms with van der Waals surface area (Å²) in [5, 5.41) is 0. The van der Waals surface area contributed by atoms with Crippen LogP contribution >= 0.6 is 0 Å². The molecule has 0 aromatic heterocycles. The van der Waals surface area contributed by atoms with Crippen LogP contribution in [0.4, 0.5) is 0 Å². The Labute approximate surface area is 126 Å². The highest BCUT2D eigenvalue weighted by Gasteiger charge is 2.46. The van der Waals surface area contributed by atoms with Gasteiger partial charge in [-0.25, -0.2) is 16.8 Å². The van der Waals surface area contributed by atoms with Crippen LogP contribution in [-0.2, 0) is 19.9 Å². The van der Waals surface area contributed by atoms with Gasteiger partial charge in [-0.1, -0.05) is 17.7 Å². The minimum Gasteiger partial charge on any atom is -0.229 e. The second-order valence-corrected chi connectivity index (χ2v) is 10.2. The zero-order valence-electron chi connectivity index (χ0n) is 12.8. The average Bonchev–Trinajstić information content (AvgIpc) is 2.63. The third kappa shape index (κ3) is 3.00. The van der Waals surface area contributed by atoms with Gasteiger partial charge < -0.3 is 0 Å². The van der Waals surface area contributed by atoms with E-state index < -0.39 is 25.4 Å². The van der Waals surface area contributed by atoms with Crippen molar-refractivity contribution in [1.29, 1.82) is 0 Å². The first-order valence-electron chi connectivity index (χ1n) is 6.75. The van der Waals surface area contributed by atoms with Crippen LogP contribution in [0.25, 0.3) is 0 Å². The molecule has 0 aliphatic carbocycles. The third-order valence-corrected chi connectivity index (χ3v) is 8.28. The van der Waals surface area contributed by atoms with E-state index >= 15 is 0 Å². The van der Waals surface area contributed by atoms with Gasteiger partial charge in [0, 0.05) is 12.6 Å². The number of aryl methyl sites for hydroxylation is 2. The normalized spacial score (nSPS) is 25.4. The molecule has 1 aliphatic heterocycles. The molecule has 1 aliphatic rings. The molecule has 5 nitrogen and oxygen atoms in total. The van der Waals surface area contributed by atoms with Crippen molar-refractivity contribution in [3.8, 4) is 0 Å². The van der Waals surface area contributed by atoms with Crippen LogP contribution in [0, 0.1) is 13.8 Å². The maximum absolute atomic E-state index is 12.8. The summed E-state index contributed by atoms with van der Waals surface area (Å²) in [5.41, 5.74) is 0.782. The molecule has 1 heterocycles. The van der Waals surface area contributed by atoms with Crippen molar-refractivity contribution < 1.29 is 16.8 Å². The molecule has 0 radical (unpaired) electrons. The van der Waals surface area contributed by atoms with Gasteiger partial charge in [-0.2, -0.15) is 4.31 Å². The van der Waals surface area contributed by atoms with Gasteiger partial charge in [0.1, 0.15) is 0 Å². The highest BCUT2D eigenvalue weighted by atomic mass is 32.2. The lowest BCUT2D eigenvalue weighted by Gasteiger charge is -2.33. The van der Waals surface area contributed by atoms with Crippen LogP contribution in [0.1, 0.15) is 24.5 Å². The molecule has 0 unspecified atom stereocenters. The molecule has 0 spiro atoms. The molecule has 0 bridgehead atoms. The maximum atomic E-state index is 12.8. The fraction of sp³-hybridized carbons (Fsp3) is 0.571. The van der Waals surface area contributed by atoms with Gasteiger partial charge in [0.05, 0.1) is 16.4 Å². The molecule has 0 amide bonds. The quantitative estimate of drug-likeness (QED) is 0.841. The van der Waals surface area contributed by atoms with Gasteiger partial charge in [-0.15, -0.1) is 0 Å². The number of sulfonamides is 1. The fourth-order valence-corrected chi connectivity index (χ4v) is 6.77. The third-order valence-electron chi connectivity index (χ3n) is 4.21. The predicted octanol–water partition coefficient (Wildman–Crippen LogP) is 1.50. The monoisotopic (exact) mass is 331 g/mol. The summed E-state index contributed by atoms with van der Waals surface area (Å²) in [5.74, 6) is -0.0864. The largest absolute Gasteiger partial charge is 0.243 e. The van der Waals surface area contributed by atoms with Crippen molar-refractivity contribution >= 4 is 19.9 Å². The smallest absolute Gasteiger partial charge is 0.229 e. The van der Waals surface area contributed by atoms with Crippen molar-refractivity contribution in [2.45, 2.75) is 37.6 Å². The van der Waals surface area contributed by atoms with E-state index in [-0.39, 0.29) is 16.4 Å². The van der Waals surface area contributed by atoms with Gasteiger partial charge >= 0.3 is 0 Å². The van der Waals surface area contributed by atoms with Crippen LogP contribution < -0.4 is 0 Å². The Morgan fingerprint density at radius 2 is 1.86 bits per heavy atom. The summed E-state index contributed by atoms with van der Waals surface area (Å²) in [7, 11) is -5.41. The highest BCUT2D eigenvalue weighted by molar-refractivity contribution is 7.92. The highest BCUT2D eigenvalue weighted by Crippen LogP contribution is 2.33. The molecule has 1 aromatic rings. The van der Waals surface area contributed by atoms with E-state index in [9.17, 15) is 16.8 Å². The molecule has 21 heavy (non-hydrogen) atoms. The molecular weight excluding hydrogens is 310 g/mol. The molecule has 1 atom stereocenters. The van der Waals surface area contributed by atoms with E-state index in [2.05, 4.69) is 0 Å². The molecule has 0 N–H and O–H groups in total. The van der Waals surface area contributed by atoms with E-state index in [0.717, 1.165) is 5.56 Å². The van der Waals surface area contributed by atoms with E-state index in [1.54, 1.807) is 26.0 Å². The average molecular weight is 331 g/mol. The molecule has 2 rings (SSSR count). The SMILES string of the molecule is Cc1ccc(S(=O)(=O)N(C)[C@]2(C)CCS(=O)(=O)C2)c(C)c1. The maximum Gasteiger partial charge on any atom is 0.243 e. The molecule has 7 heteroatoms. The second kappa shape index (κ2) is 5.07. The number of hydrogen-bond acceptors (Lipinski definition) is 4. The van der Waals surface area contributed by atoms with E-state index in [4.69, 9.17) is 0 Å². The Morgan fingerprint density at radius 3 is 2.33 bits per heavy atom. The summed E-state index contributed by atoms with van der Waals surface area (Å²) in [6, 6.07) is 5.15. The first kappa shape index (κ1) is 16.5. The summed E-state index contributed by atoms with van der Waals surface area (Å²) in [6.07, 6.45) is 0.329. The lowest BCUT2D eigenvalue weighted by molar-refractivity contribution is 0.272. The standard InChI is InChI=1S/C14H21NO4S2/c1-11-5-6-13(12(2)9-11)21(18,19)15(4)14(3)7-8-20(16,17)10-14/h5-6,9H,7-8,10H2,1-4H3/t14-/m1/s1. The summed E-state index contributed by atoms with van der Waals surface area (Å²) in [4.78, 5) is 0.237. The van der Waals surface area contributed by atoms with Crippen molar-refractivity contribution in [1.82, 2.24) is 4.31 Å². The number of hydrogen-bond donors (Lipinski definition) is 0. The molecule has 1 fully saturated rings. The Hall–Kier alpha value is -0.920. The lowest BCUT2D eigenvalue weighted by atomic mass is 10.0. The Kier molecular flexibility index (Phi) is 3.97. The van der Waals surface area contributed by atoms with Crippen molar-refractivity contribution in [2.24, 2.45) is 0 Å². The number of rotatable bonds is 3. The number of benzene rings is 1. The van der Waals surface area contributed by atoms with Crippen molar-refractivity contribution in [3.05, 3.63) is 29.3 Å². The second-order valence-electron chi connectivity index (χ2n) is 6.08. The van der Waals surface area contributed by atoms with Gasteiger partial charge in [-0.3, -0.25) is 0 Å². The van der Waals surface area contributed by atoms with E-state index in [0.29, 0.717) is 12.0 Å². The number of nitrogens with zero attached hydrogens (tertiary/aromatic N) is 1. The minimum absolute atomic E-state index is 0.0379. The summed E-state index contributed by atoms with van der Waals surface area (Å²) >= 11 is 0. The van der Waals surface area contributed by atoms with Crippen molar-refractivity contribution in [3.63, 3.8) is 0 Å². The minimum atomic E-state index is -3.71. The molecule has 1 saturated heterocycles. The van der Waals surface area contributed by atoms with Crippen LogP contribution in [-0.4, -0.2) is 45.2 Å². The van der Waals surface area contributed by atoms with Gasteiger partial charge in [-0.05, 0) is 38.8 Å². The predicted molar refractivity (Wildman–Crippen MR) is 82.5 cm³/mol. The van der Waals surface area contributed by atoms with Gasteiger partial charge in [0.15, 0.2) is 9.84 Å². The Morgan fingerprint density at radius 1 is 1.24 bits per heavy atom. The number of sulfone groups is 1. The Balaban J connectivity index is 2.44. The van der Waals surface area contributed by atoms with Gasteiger partial charge in [0.25, 0.3) is 0 Å². The van der Waals surface area contributed by atoms with Crippen LogP contribution in [0.3, 0.4) is 0 Å². The molecule has 0 saturated carbocycles. The lowest BCUT2D eigenvalue weighted by Crippen LogP contribution is -2.48. The fourth-order valence-electron chi connectivity index (χ4n) is 2.77. The van der Waals surface area contributed by atoms with Gasteiger partial charge in [0.2, 0.25) is 10.0 Å². The topological polar surface area (TPSA) is 71.5 Å². The van der Waals surface area contributed by atoms with E-state index in [1.807, 2.05) is 13.0 Å². The Bertz CT molecular complexity index is 768. The van der Waals surface area contributed by atoms with Crippen LogP contribution in [0.2, 0.25) is 0 Å². The van der Waals surface area contributed by atoms with Crippen molar-refractivity contribution in [2.75, 3.05) is 18.6 Å². The van der Waals surface area contributed by atoms with Crippen LogP contribution in [0.15, 0.2) is 23.1 Å². The zero-order valence-corrected chi connectivity index (χ0v) is 14.4. The van der Waals surface area contributed by atoms with E-state index in [1.165, 1.54) is 11.4 Å². The first-order valence-corrected chi connectivity index (χ1v) is 10.0. The summed E-state index contributed by atoms with van der Waals surface area (Å²) < 4.78 is 50.2. The van der Waals surface area contributed by atoms with Crippen LogP contribution in [0.5, 0.6) is 0 Å².